The Hall–Kier alpha value is -12.8. The number of aryl methyl sites for hydroxylation is 3. The highest BCUT2D eigenvalue weighted by Gasteiger charge is 2.19. The van der Waals surface area contributed by atoms with E-state index in [1.54, 1.807) is 86.5 Å². The van der Waals surface area contributed by atoms with E-state index in [1.165, 1.54) is 36.9 Å². The zero-order valence-electron chi connectivity index (χ0n) is 52.2. The molecule has 17 rings (SSSR count). The van der Waals surface area contributed by atoms with E-state index in [1.807, 2.05) is 112 Å². The van der Waals surface area contributed by atoms with Gasteiger partial charge in [0.1, 0.15) is 64.2 Å². The van der Waals surface area contributed by atoms with Crippen molar-refractivity contribution >= 4 is 57.1 Å². The normalized spacial score (nSPS) is 10.3. The van der Waals surface area contributed by atoms with Gasteiger partial charge in [-0.2, -0.15) is 25.5 Å². The molecule has 0 saturated carbocycles. The maximum Gasteiger partial charge on any atom is 0.181 e. The molecule has 0 aliphatic rings. The third-order valence-corrected chi connectivity index (χ3v) is 15.7. The summed E-state index contributed by atoms with van der Waals surface area (Å²) in [4.78, 5) is 56.7. The lowest BCUT2D eigenvalue weighted by atomic mass is 10.1. The average molecular weight is 1450 g/mol. The molecule has 0 amide bonds. The first-order chi connectivity index (χ1) is 48.4. The summed E-state index contributed by atoms with van der Waals surface area (Å²) in [7, 11) is 0. The summed E-state index contributed by atoms with van der Waals surface area (Å²) >= 11 is 17.7. The second-order valence-corrected chi connectivity index (χ2v) is 22.8. The molecule has 17 aromatic rings. The van der Waals surface area contributed by atoms with Crippen LogP contribution in [0.3, 0.4) is 0 Å². The van der Waals surface area contributed by atoms with Gasteiger partial charge >= 0.3 is 0 Å². The number of rotatable bonds is 10. The molecule has 0 spiro atoms. The molecule has 0 atom stereocenters. The molecule has 7 N–H and O–H groups in total. The number of hydrogen-bond acceptors (Lipinski definition) is 17. The lowest BCUT2D eigenvalue weighted by molar-refractivity contribution is 0.627. The van der Waals surface area contributed by atoms with Gasteiger partial charge in [-0.3, -0.25) is 25.5 Å². The number of aromatic amines is 7. The van der Waals surface area contributed by atoms with Crippen molar-refractivity contribution < 1.29 is 8.78 Å². The van der Waals surface area contributed by atoms with Gasteiger partial charge in [0.05, 0.1) is 89.2 Å². The molecule has 12 heterocycles. The molecule has 5 aromatic carbocycles. The number of fused-ring (bicyclic) bond motifs is 2. The highest BCUT2D eigenvalue weighted by molar-refractivity contribution is 6.31. The van der Waals surface area contributed by atoms with Crippen molar-refractivity contribution in [2.75, 3.05) is 0 Å². The summed E-state index contributed by atoms with van der Waals surface area (Å²) < 4.78 is 26.0. The van der Waals surface area contributed by atoms with E-state index in [0.29, 0.717) is 37.9 Å². The topological polar surface area (TPSA) is 330 Å². The summed E-state index contributed by atoms with van der Waals surface area (Å²) in [5.74, 6) is 1.63. The predicted octanol–water partition coefficient (Wildman–Crippen LogP) is 18.8. The number of benzene rings is 5. The van der Waals surface area contributed by atoms with Gasteiger partial charge in [0.15, 0.2) is 11.3 Å². The van der Waals surface area contributed by atoms with Crippen molar-refractivity contribution in [3.63, 3.8) is 0 Å². The van der Waals surface area contributed by atoms with Gasteiger partial charge < -0.3 is 9.97 Å². The standard InChI is InChI=1S/C14H9ClN6.2C14H11ClN4.C14H9FN6.C14H11FN4.5CH4/c15-9-3-1-8(2-4-9)11-10(5-20-21-11)12-13-14(18-6-16-12)19-7-17-13;2*1-9-16-7-6-13(18-9)12-8-17-19-14(12)10-2-4-11(15)5-3-10;15-9-3-1-8(2-4-9)11-10(5-20-21-11)12-13-14(18-6-16-12)19-7-17-13;1-9-16-7-6-13(18-9)12-8-17-19-14(12)10-2-4-11(15)5-3-10;;;;;/h1-7H,(H,20,21)(H,16,17,18,19);2*2-8H,1H3,(H,17,19);1-7H,(H,20,21)(H,16,17,18,19);2-8H,1H3,(H,17,19);5*1H4. The molecular formula is C75H71Cl3F2N24. The van der Waals surface area contributed by atoms with E-state index in [-0.39, 0.29) is 48.8 Å². The summed E-state index contributed by atoms with van der Waals surface area (Å²) in [5, 5.41) is 37.5. The molecule has 0 unspecified atom stereocenters. The molecular weight excluding hydrogens is 1380 g/mol. The van der Waals surface area contributed by atoms with Crippen LogP contribution in [0.25, 0.3) is 135 Å². The van der Waals surface area contributed by atoms with Crippen LogP contribution < -0.4 is 0 Å². The Labute approximate surface area is 612 Å². The minimum absolute atomic E-state index is 0. The first-order valence-electron chi connectivity index (χ1n) is 30.0. The van der Waals surface area contributed by atoms with Gasteiger partial charge in [-0.25, -0.2) is 68.6 Å². The van der Waals surface area contributed by atoms with Gasteiger partial charge in [-0.15, -0.1) is 0 Å². The van der Waals surface area contributed by atoms with Crippen molar-refractivity contribution in [2.45, 2.75) is 57.9 Å². The zero-order chi connectivity index (χ0) is 68.2. The third-order valence-electron chi connectivity index (χ3n) is 15.0. The summed E-state index contributed by atoms with van der Waals surface area (Å²) in [6, 6.07) is 40.8. The first-order valence-corrected chi connectivity index (χ1v) is 31.2. The fourth-order valence-corrected chi connectivity index (χ4v) is 10.7. The molecule has 0 aliphatic carbocycles. The summed E-state index contributed by atoms with van der Waals surface area (Å²) in [5.41, 5.74) is 20.2. The second kappa shape index (κ2) is 35.5. The van der Waals surface area contributed by atoms with Crippen LogP contribution in [-0.4, -0.2) is 121 Å². The van der Waals surface area contributed by atoms with Gasteiger partial charge in [-0.1, -0.05) is 108 Å². The van der Waals surface area contributed by atoms with Crippen molar-refractivity contribution in [3.8, 4) is 113 Å². The van der Waals surface area contributed by atoms with Crippen molar-refractivity contribution in [3.05, 3.63) is 259 Å². The quantitative estimate of drug-likeness (QED) is 0.0669. The first kappa shape index (κ1) is 77.0. The maximum absolute atomic E-state index is 13.1. The Morgan fingerprint density at radius 2 is 0.558 bits per heavy atom. The van der Waals surface area contributed by atoms with Crippen LogP contribution in [0.5, 0.6) is 0 Å². The minimum Gasteiger partial charge on any atom is -0.341 e. The summed E-state index contributed by atoms with van der Waals surface area (Å²) in [6.07, 6.45) is 20.0. The van der Waals surface area contributed by atoms with Crippen LogP contribution in [0.15, 0.2) is 214 Å². The highest BCUT2D eigenvalue weighted by atomic mass is 35.5. The average Bonchev–Trinajstić information content (AvgIpc) is 1.62. The number of nitrogens with zero attached hydrogens (tertiary/aromatic N) is 17. The third kappa shape index (κ3) is 17.9. The number of imidazole rings is 2. The van der Waals surface area contributed by atoms with Crippen molar-refractivity contribution in [1.82, 2.24) is 121 Å². The van der Waals surface area contributed by atoms with Crippen LogP contribution in [-0.2, 0) is 0 Å². The number of nitrogens with one attached hydrogen (secondary N) is 7. The van der Waals surface area contributed by atoms with Crippen LogP contribution >= 0.6 is 34.8 Å². The lowest BCUT2D eigenvalue weighted by Crippen LogP contribution is -1.90. The molecule has 0 radical (unpaired) electrons. The number of aromatic nitrogens is 24. The molecule has 104 heavy (non-hydrogen) atoms. The van der Waals surface area contributed by atoms with E-state index in [0.717, 1.165) is 130 Å². The van der Waals surface area contributed by atoms with Gasteiger partial charge in [0, 0.05) is 89.3 Å². The largest absolute Gasteiger partial charge is 0.341 e. The molecule has 0 saturated heterocycles. The Kier molecular flexibility index (Phi) is 26.3. The van der Waals surface area contributed by atoms with E-state index < -0.39 is 0 Å². The fraction of sp³-hybridized carbons (Fsp3) is 0.107. The van der Waals surface area contributed by atoms with Crippen LogP contribution in [0.4, 0.5) is 8.78 Å². The lowest BCUT2D eigenvalue weighted by Gasteiger charge is -2.04. The Morgan fingerprint density at radius 1 is 0.298 bits per heavy atom. The summed E-state index contributed by atoms with van der Waals surface area (Å²) in [6.45, 7) is 5.57. The molecule has 29 heteroatoms. The van der Waals surface area contributed by atoms with Crippen LogP contribution in [0.1, 0.15) is 54.6 Å². The molecule has 12 aromatic heterocycles. The molecule has 0 fully saturated rings. The minimum atomic E-state index is -0.280. The second-order valence-electron chi connectivity index (χ2n) is 21.4. The van der Waals surface area contributed by atoms with Crippen LogP contribution in [0.2, 0.25) is 15.1 Å². The molecule has 0 aliphatic heterocycles. The molecule has 0 bridgehead atoms. The van der Waals surface area contributed by atoms with Gasteiger partial charge in [0.2, 0.25) is 0 Å². The number of halogens is 5. The van der Waals surface area contributed by atoms with Crippen molar-refractivity contribution in [1.29, 1.82) is 0 Å². The smallest absolute Gasteiger partial charge is 0.181 e. The van der Waals surface area contributed by atoms with E-state index in [9.17, 15) is 8.78 Å². The number of hydrogen-bond donors (Lipinski definition) is 7. The molecule has 24 nitrogen and oxygen atoms in total. The van der Waals surface area contributed by atoms with Crippen molar-refractivity contribution in [2.24, 2.45) is 0 Å². The Balaban J connectivity index is 0.000000163. The maximum atomic E-state index is 13.1. The fourth-order valence-electron chi connectivity index (χ4n) is 10.3. The Bertz CT molecular complexity index is 5070. The zero-order valence-corrected chi connectivity index (χ0v) is 54.5. The van der Waals surface area contributed by atoms with E-state index >= 15 is 0 Å². The Morgan fingerprint density at radius 3 is 0.837 bits per heavy atom. The highest BCUT2D eigenvalue weighted by Crippen LogP contribution is 2.36. The SMILES string of the molecule is C.C.C.C.C.Cc1nccc(-c2cn[nH]c2-c2ccc(Cl)cc2)n1.Cc1nccc(-c2cn[nH]c2-c2ccc(Cl)cc2)n1.Cc1nccc(-c2cn[nH]c2-c2ccc(F)cc2)n1.Clc1ccc(-c2[nH]ncc2-c2ncnc3nc[nH]c23)cc1.Fc1ccc(-c2[nH]ncc2-c2ncnc3nc[nH]c23)cc1. The molecule has 526 valence electrons. The van der Waals surface area contributed by atoms with E-state index in [2.05, 4.69) is 121 Å². The van der Waals surface area contributed by atoms with Gasteiger partial charge in [-0.05, 0) is 124 Å². The predicted molar refractivity (Wildman–Crippen MR) is 407 cm³/mol. The monoisotopic (exact) mass is 1450 g/mol. The number of H-pyrrole nitrogens is 7. The van der Waals surface area contributed by atoms with E-state index in [4.69, 9.17) is 34.8 Å². The van der Waals surface area contributed by atoms with Crippen LogP contribution in [0, 0.1) is 32.4 Å². The van der Waals surface area contributed by atoms with Gasteiger partial charge in [0.25, 0.3) is 0 Å².